The quantitative estimate of drug-likeness (QED) is 0.165. The van der Waals surface area contributed by atoms with Gasteiger partial charge in [0.15, 0.2) is 0 Å². The van der Waals surface area contributed by atoms with Crippen LogP contribution in [0.5, 0.6) is 0 Å². The van der Waals surface area contributed by atoms with E-state index in [1.54, 1.807) is 22.7 Å². The molecule has 63 heavy (non-hydrogen) atoms. The van der Waals surface area contributed by atoms with Crippen LogP contribution < -0.4 is 42.4 Å². The number of anilines is 2. The lowest BCUT2D eigenvalue weighted by Crippen LogP contribution is -2.52. The van der Waals surface area contributed by atoms with E-state index in [1.165, 1.54) is 11.1 Å². The van der Waals surface area contributed by atoms with Gasteiger partial charge in [0.2, 0.25) is 0 Å². The van der Waals surface area contributed by atoms with E-state index in [0.29, 0.717) is 12.1 Å². The third kappa shape index (κ3) is 12.1. The summed E-state index contributed by atoms with van der Waals surface area (Å²) in [6.45, 7) is 9.94. The Labute approximate surface area is 401 Å². The summed E-state index contributed by atoms with van der Waals surface area (Å²) in [6.07, 6.45) is 12.3. The lowest BCUT2D eigenvalue weighted by Gasteiger charge is -2.36. The number of halogens is 4. The maximum Gasteiger partial charge on any atom is 0.124 e. The van der Waals surface area contributed by atoms with Gasteiger partial charge >= 0.3 is 0 Å². The molecule has 2 aromatic carbocycles. The lowest BCUT2D eigenvalue weighted by molar-refractivity contribution is 0.268. The van der Waals surface area contributed by atoms with Gasteiger partial charge < -0.3 is 36.5 Å². The second-order valence-electron chi connectivity index (χ2n) is 15.2. The van der Waals surface area contributed by atoms with Crippen molar-refractivity contribution in [3.63, 3.8) is 0 Å². The first kappa shape index (κ1) is 51.4. The Bertz CT molecular complexity index is 2450. The van der Waals surface area contributed by atoms with Crippen molar-refractivity contribution < 1.29 is 5.48 Å². The largest absolute Gasteiger partial charge is 0.412 e. The fourth-order valence-electron chi connectivity index (χ4n) is 8.36. The average molecular weight is 971 g/mol. The van der Waals surface area contributed by atoms with E-state index in [4.69, 9.17) is 19.9 Å². The molecule has 0 amide bonds. The van der Waals surface area contributed by atoms with E-state index in [1.807, 2.05) is 24.5 Å². The van der Waals surface area contributed by atoms with Crippen molar-refractivity contribution in [2.45, 2.75) is 51.6 Å². The van der Waals surface area contributed by atoms with Crippen LogP contribution in [0.25, 0.3) is 23.8 Å². The van der Waals surface area contributed by atoms with Crippen molar-refractivity contribution in [3.05, 3.63) is 151 Å². The van der Waals surface area contributed by atoms with Crippen LogP contribution in [0.2, 0.25) is 0 Å². The monoisotopic (exact) mass is 968 g/mol. The third-order valence-electron chi connectivity index (χ3n) is 11.2. The number of thiazole rings is 2. The van der Waals surface area contributed by atoms with Crippen LogP contribution >= 0.6 is 72.3 Å². The van der Waals surface area contributed by atoms with Gasteiger partial charge in [-0.2, -0.15) is 0 Å². The van der Waals surface area contributed by atoms with E-state index < -0.39 is 0 Å². The maximum absolute atomic E-state index is 4.88. The van der Waals surface area contributed by atoms with E-state index >= 15 is 0 Å². The fraction of sp³-hybridized carbons (Fsp3) is 0.304. The summed E-state index contributed by atoms with van der Waals surface area (Å²) < 4.78 is 0. The molecule has 4 aliphatic rings. The smallest absolute Gasteiger partial charge is 0.124 e. The molecule has 0 radical (unpaired) electrons. The van der Waals surface area contributed by atoms with E-state index in [0.717, 1.165) is 129 Å². The second kappa shape index (κ2) is 24.1. The van der Waals surface area contributed by atoms with Gasteiger partial charge in [0.25, 0.3) is 0 Å². The average Bonchev–Trinajstić information content (AvgIpc) is 3.73. The SMILES string of the molecule is Cc1nc2c(s1)NC=c1cccnc1=C2N1CCNC(CCc2ccccc2)C1.Cc1nc2c(s1)NC=c1cccnc1=C2N1CCNC(CCc2ccccc2)C1.Cl.Cl.Cl.Cl.O. The minimum absolute atomic E-state index is 0. The molecule has 4 aromatic heterocycles. The Morgan fingerprint density at radius 1 is 0.571 bits per heavy atom. The molecule has 11 nitrogen and oxygen atoms in total. The fourth-order valence-corrected chi connectivity index (χ4v) is 9.94. The number of hydrogen-bond donors (Lipinski definition) is 4. The van der Waals surface area contributed by atoms with Crippen LogP contribution in [-0.4, -0.2) is 86.6 Å². The molecule has 4 aliphatic heterocycles. The van der Waals surface area contributed by atoms with Gasteiger partial charge in [0.05, 0.1) is 32.1 Å². The number of pyridine rings is 2. The standard InChI is InChI=1S/2C23H25N5S.4ClH.H2O/c2*1-16-27-21-22(20-18(8-5-11-25-20)14-26-23(21)29-16)28-13-12-24-19(15-28)10-9-17-6-3-2-4-7-17;;;;;/h2*2-8,11,14,19,24,26H,9-10,12-13,15H2,1H3;4*1H;1H2. The zero-order valence-corrected chi connectivity index (χ0v) is 40.1. The molecule has 336 valence electrons. The molecule has 0 bridgehead atoms. The van der Waals surface area contributed by atoms with Crippen molar-refractivity contribution in [2.75, 3.05) is 49.9 Å². The predicted molar refractivity (Wildman–Crippen MR) is 271 cm³/mol. The molecular formula is C46H56Cl4N10OS2. The van der Waals surface area contributed by atoms with Crippen LogP contribution in [0.15, 0.2) is 97.3 Å². The molecule has 2 unspecified atom stereocenters. The van der Waals surface area contributed by atoms with Crippen molar-refractivity contribution in [1.82, 2.24) is 40.4 Å². The Hall–Kier alpha value is -4.28. The first-order chi connectivity index (χ1) is 28.6. The third-order valence-corrected chi connectivity index (χ3v) is 13.0. The van der Waals surface area contributed by atoms with Crippen LogP contribution in [0.1, 0.15) is 45.4 Å². The number of nitrogens with zero attached hydrogens (tertiary/aromatic N) is 6. The predicted octanol–water partition coefficient (Wildman–Crippen LogP) is 5.01. The molecule has 17 heteroatoms. The number of piperazine rings is 2. The van der Waals surface area contributed by atoms with Gasteiger partial charge in [-0.15, -0.1) is 72.3 Å². The minimum atomic E-state index is 0. The highest BCUT2D eigenvalue weighted by atomic mass is 35.5. The number of fused-ring (bicyclic) bond motifs is 4. The number of aromatic nitrogens is 4. The molecule has 6 aromatic rings. The Balaban J connectivity index is 0.000000256. The molecule has 10 rings (SSSR count). The van der Waals surface area contributed by atoms with E-state index in [2.05, 4.69) is 130 Å². The molecule has 8 heterocycles. The Morgan fingerprint density at radius 3 is 1.40 bits per heavy atom. The van der Waals surface area contributed by atoms with Crippen LogP contribution in [0.3, 0.4) is 0 Å². The first-order valence-corrected chi connectivity index (χ1v) is 22.0. The van der Waals surface area contributed by atoms with Crippen LogP contribution in [0, 0.1) is 13.8 Å². The second-order valence-corrected chi connectivity index (χ2v) is 17.6. The lowest BCUT2D eigenvalue weighted by atomic mass is 10.0. The van der Waals surface area contributed by atoms with Crippen molar-refractivity contribution in [3.8, 4) is 0 Å². The van der Waals surface area contributed by atoms with Crippen molar-refractivity contribution >= 4 is 106 Å². The first-order valence-electron chi connectivity index (χ1n) is 20.4. The summed E-state index contributed by atoms with van der Waals surface area (Å²) in [5, 5.41) is 23.0. The number of benzene rings is 2. The van der Waals surface area contributed by atoms with Crippen LogP contribution in [0.4, 0.5) is 10.0 Å². The summed E-state index contributed by atoms with van der Waals surface area (Å²) in [5.74, 6) is 0. The summed E-state index contributed by atoms with van der Waals surface area (Å²) in [6, 6.07) is 30.6. The number of rotatable bonds is 8. The molecule has 2 fully saturated rings. The molecular weight excluding hydrogens is 915 g/mol. The zero-order chi connectivity index (χ0) is 39.3. The van der Waals surface area contributed by atoms with Gasteiger partial charge in [0.1, 0.15) is 21.4 Å². The molecule has 0 aliphatic carbocycles. The van der Waals surface area contributed by atoms with E-state index in [9.17, 15) is 0 Å². The highest BCUT2D eigenvalue weighted by molar-refractivity contribution is 7.16. The minimum Gasteiger partial charge on any atom is -0.412 e. The highest BCUT2D eigenvalue weighted by Crippen LogP contribution is 2.33. The summed E-state index contributed by atoms with van der Waals surface area (Å²) >= 11 is 3.41. The normalized spacial score (nSPS) is 16.9. The Morgan fingerprint density at radius 2 is 0.984 bits per heavy atom. The van der Waals surface area contributed by atoms with Gasteiger partial charge in [-0.3, -0.25) is 9.97 Å². The zero-order valence-electron chi connectivity index (χ0n) is 35.3. The number of aryl methyl sites for hydroxylation is 4. The van der Waals surface area contributed by atoms with Crippen molar-refractivity contribution in [2.24, 2.45) is 0 Å². The van der Waals surface area contributed by atoms with E-state index in [-0.39, 0.29) is 55.1 Å². The highest BCUT2D eigenvalue weighted by Gasteiger charge is 2.29. The Kier molecular flexibility index (Phi) is 19.7. The summed E-state index contributed by atoms with van der Waals surface area (Å²) in [5.41, 5.74) is 7.18. The molecule has 6 N–H and O–H groups in total. The summed E-state index contributed by atoms with van der Waals surface area (Å²) in [7, 11) is 0. The summed E-state index contributed by atoms with van der Waals surface area (Å²) in [4.78, 5) is 24.2. The van der Waals surface area contributed by atoms with Gasteiger partial charge in [-0.1, -0.05) is 60.7 Å². The van der Waals surface area contributed by atoms with Crippen LogP contribution in [-0.2, 0) is 12.8 Å². The number of hydrogen-bond acceptors (Lipinski definition) is 12. The van der Waals surface area contributed by atoms with Crippen molar-refractivity contribution in [1.29, 1.82) is 0 Å². The maximum atomic E-state index is 4.88. The van der Waals surface area contributed by atoms with Gasteiger partial charge in [-0.05, 0) is 74.9 Å². The number of nitrogens with one attached hydrogen (secondary N) is 4. The molecule has 0 saturated carbocycles. The van der Waals surface area contributed by atoms with Gasteiger partial charge in [-0.25, -0.2) is 9.97 Å². The molecule has 2 saturated heterocycles. The molecule has 2 atom stereocenters. The molecule has 0 spiro atoms. The van der Waals surface area contributed by atoms with Gasteiger partial charge in [0, 0.05) is 86.6 Å². The topological polar surface area (TPSA) is 138 Å².